The summed E-state index contributed by atoms with van der Waals surface area (Å²) >= 11 is 0. The Bertz CT molecular complexity index is 695. The number of oxazole rings is 1. The molecule has 1 aromatic heterocycles. The summed E-state index contributed by atoms with van der Waals surface area (Å²) in [6.07, 6.45) is 4.24. The Kier molecular flexibility index (Phi) is 4.48. The second kappa shape index (κ2) is 6.54. The Morgan fingerprint density at radius 3 is 3.04 bits per heavy atom. The number of hydrogen-bond acceptors (Lipinski definition) is 4. The maximum absolute atomic E-state index is 12.4. The van der Waals surface area contributed by atoms with Gasteiger partial charge in [0, 0.05) is 0 Å². The second-order valence-corrected chi connectivity index (χ2v) is 6.25. The third kappa shape index (κ3) is 3.15. The quantitative estimate of drug-likeness (QED) is 0.888. The number of hydrogen-bond donors (Lipinski definition) is 2. The van der Waals surface area contributed by atoms with Crippen LogP contribution in [0.4, 0.5) is 0 Å². The van der Waals surface area contributed by atoms with E-state index in [-0.39, 0.29) is 23.9 Å². The maximum Gasteiger partial charge on any atom is 0.273 e. The number of benzene rings is 1. The smallest absolute Gasteiger partial charge is 0.273 e. The van der Waals surface area contributed by atoms with Crippen molar-refractivity contribution < 1.29 is 9.21 Å². The summed E-state index contributed by atoms with van der Waals surface area (Å²) < 4.78 is 5.41. The van der Waals surface area contributed by atoms with Gasteiger partial charge in [0.05, 0.1) is 12.1 Å². The van der Waals surface area contributed by atoms with Crippen molar-refractivity contribution in [2.24, 2.45) is 11.7 Å². The average Bonchev–Trinajstić information content (AvgIpc) is 3.21. The van der Waals surface area contributed by atoms with Gasteiger partial charge >= 0.3 is 0 Å². The lowest BCUT2D eigenvalue weighted by atomic mass is 10.0. The van der Waals surface area contributed by atoms with Gasteiger partial charge in [0.15, 0.2) is 5.69 Å². The zero-order valence-electron chi connectivity index (χ0n) is 13.6. The van der Waals surface area contributed by atoms with Gasteiger partial charge in [0.2, 0.25) is 5.89 Å². The first-order chi connectivity index (χ1) is 11.1. The van der Waals surface area contributed by atoms with E-state index in [1.807, 2.05) is 19.1 Å². The normalized spacial score (nSPS) is 19.2. The summed E-state index contributed by atoms with van der Waals surface area (Å²) in [5.74, 6) is 0.473. The molecule has 5 nitrogen and oxygen atoms in total. The fraction of sp³-hybridized carbons (Fsp3) is 0.444. The van der Waals surface area contributed by atoms with Gasteiger partial charge in [-0.25, -0.2) is 4.98 Å². The number of rotatable bonds is 5. The van der Waals surface area contributed by atoms with Crippen LogP contribution in [0.1, 0.15) is 66.3 Å². The minimum Gasteiger partial charge on any atom is -0.446 e. The molecule has 122 valence electrons. The SMILES string of the molecule is CCC(C)C(N)c1nc(C(=O)NC2CCc3ccccc32)co1. The van der Waals surface area contributed by atoms with E-state index in [1.54, 1.807) is 0 Å². The minimum atomic E-state index is -0.284. The van der Waals surface area contributed by atoms with Crippen molar-refractivity contribution in [3.63, 3.8) is 0 Å². The lowest BCUT2D eigenvalue weighted by molar-refractivity contribution is 0.0931. The molecule has 23 heavy (non-hydrogen) atoms. The zero-order chi connectivity index (χ0) is 16.4. The Morgan fingerprint density at radius 1 is 1.48 bits per heavy atom. The standard InChI is InChI=1S/C18H23N3O2/c1-3-11(2)16(19)18-21-15(10-23-18)17(22)20-14-9-8-12-6-4-5-7-13(12)14/h4-7,10-11,14,16H,3,8-9,19H2,1-2H3,(H,20,22). The second-order valence-electron chi connectivity index (χ2n) is 6.25. The van der Waals surface area contributed by atoms with Crippen LogP contribution in [0.2, 0.25) is 0 Å². The van der Waals surface area contributed by atoms with Crippen molar-refractivity contribution >= 4 is 5.91 Å². The van der Waals surface area contributed by atoms with Crippen molar-refractivity contribution in [3.05, 3.63) is 53.2 Å². The third-order valence-electron chi connectivity index (χ3n) is 4.73. The lowest BCUT2D eigenvalue weighted by Gasteiger charge is -2.14. The molecule has 1 aliphatic carbocycles. The average molecular weight is 313 g/mol. The highest BCUT2D eigenvalue weighted by Gasteiger charge is 2.26. The summed E-state index contributed by atoms with van der Waals surface area (Å²) in [5.41, 5.74) is 8.89. The highest BCUT2D eigenvalue weighted by molar-refractivity contribution is 5.92. The summed E-state index contributed by atoms with van der Waals surface area (Å²) in [5, 5.41) is 3.04. The number of nitrogens with zero attached hydrogens (tertiary/aromatic N) is 1. The molecule has 5 heteroatoms. The first kappa shape index (κ1) is 15.7. The highest BCUT2D eigenvalue weighted by Crippen LogP contribution is 2.31. The van der Waals surface area contributed by atoms with E-state index in [0.29, 0.717) is 11.6 Å². The number of amides is 1. The predicted octanol–water partition coefficient (Wildman–Crippen LogP) is 3.14. The van der Waals surface area contributed by atoms with Crippen LogP contribution in [-0.4, -0.2) is 10.9 Å². The molecular weight excluding hydrogens is 290 g/mol. The first-order valence-electron chi connectivity index (χ1n) is 8.19. The van der Waals surface area contributed by atoms with Crippen molar-refractivity contribution in [1.29, 1.82) is 0 Å². The molecular formula is C18H23N3O2. The number of aromatic nitrogens is 1. The van der Waals surface area contributed by atoms with Gasteiger partial charge in [-0.2, -0.15) is 0 Å². The van der Waals surface area contributed by atoms with E-state index in [1.165, 1.54) is 17.4 Å². The summed E-state index contributed by atoms with van der Waals surface area (Å²) in [6.45, 7) is 4.11. The molecule has 2 aromatic rings. The molecule has 0 radical (unpaired) electrons. The summed E-state index contributed by atoms with van der Waals surface area (Å²) in [7, 11) is 0. The van der Waals surface area contributed by atoms with Gasteiger partial charge in [-0.1, -0.05) is 44.5 Å². The molecule has 0 aliphatic heterocycles. The lowest BCUT2D eigenvalue weighted by Crippen LogP contribution is -2.27. The van der Waals surface area contributed by atoms with Crippen molar-refractivity contribution in [3.8, 4) is 0 Å². The molecule has 0 fully saturated rings. The monoisotopic (exact) mass is 313 g/mol. The fourth-order valence-corrected chi connectivity index (χ4v) is 2.98. The number of nitrogens with two attached hydrogens (primary N) is 1. The van der Waals surface area contributed by atoms with Gasteiger partial charge in [-0.3, -0.25) is 4.79 Å². The largest absolute Gasteiger partial charge is 0.446 e. The molecule has 0 saturated carbocycles. The summed E-state index contributed by atoms with van der Waals surface area (Å²) in [4.78, 5) is 16.7. The van der Waals surface area contributed by atoms with Gasteiger partial charge in [-0.05, 0) is 29.9 Å². The topological polar surface area (TPSA) is 81.1 Å². The van der Waals surface area contributed by atoms with Gasteiger partial charge in [0.25, 0.3) is 5.91 Å². The van der Waals surface area contributed by atoms with Crippen molar-refractivity contribution in [2.45, 2.75) is 45.2 Å². The van der Waals surface area contributed by atoms with E-state index in [9.17, 15) is 4.79 Å². The molecule has 0 spiro atoms. The predicted molar refractivity (Wildman–Crippen MR) is 87.9 cm³/mol. The first-order valence-corrected chi connectivity index (χ1v) is 8.19. The highest BCUT2D eigenvalue weighted by atomic mass is 16.3. The van der Waals surface area contributed by atoms with E-state index < -0.39 is 0 Å². The molecule has 0 saturated heterocycles. The Balaban J connectivity index is 1.69. The van der Waals surface area contributed by atoms with Gasteiger partial charge < -0.3 is 15.5 Å². The molecule has 3 atom stereocenters. The van der Waals surface area contributed by atoms with Crippen LogP contribution in [-0.2, 0) is 6.42 Å². The van der Waals surface area contributed by atoms with Crippen molar-refractivity contribution in [2.75, 3.05) is 0 Å². The molecule has 3 unspecified atom stereocenters. The number of carbonyl (C=O) groups excluding carboxylic acids is 1. The molecule has 0 bridgehead atoms. The number of nitrogens with one attached hydrogen (secondary N) is 1. The molecule has 1 amide bonds. The molecule has 3 N–H and O–H groups in total. The zero-order valence-corrected chi connectivity index (χ0v) is 13.6. The summed E-state index contributed by atoms with van der Waals surface area (Å²) in [6, 6.07) is 7.98. The van der Waals surface area contributed by atoms with Crippen molar-refractivity contribution in [1.82, 2.24) is 10.3 Å². The third-order valence-corrected chi connectivity index (χ3v) is 4.73. The Morgan fingerprint density at radius 2 is 2.26 bits per heavy atom. The minimum absolute atomic E-state index is 0.0436. The van der Waals surface area contributed by atoms with Crippen LogP contribution in [0, 0.1) is 5.92 Å². The van der Waals surface area contributed by atoms with Crippen LogP contribution in [0.25, 0.3) is 0 Å². The number of carbonyl (C=O) groups is 1. The Hall–Kier alpha value is -2.14. The number of fused-ring (bicyclic) bond motifs is 1. The van der Waals surface area contributed by atoms with E-state index in [2.05, 4.69) is 29.4 Å². The van der Waals surface area contributed by atoms with Crippen LogP contribution in [0.15, 0.2) is 34.9 Å². The maximum atomic E-state index is 12.4. The van der Waals surface area contributed by atoms with Gasteiger partial charge in [-0.15, -0.1) is 0 Å². The molecule has 1 aromatic carbocycles. The van der Waals surface area contributed by atoms with Crippen LogP contribution < -0.4 is 11.1 Å². The van der Waals surface area contributed by atoms with Crippen LogP contribution >= 0.6 is 0 Å². The molecule has 1 aliphatic rings. The number of aryl methyl sites for hydroxylation is 1. The van der Waals surface area contributed by atoms with E-state index >= 15 is 0 Å². The fourth-order valence-electron chi connectivity index (χ4n) is 2.98. The van der Waals surface area contributed by atoms with Crippen LogP contribution in [0.5, 0.6) is 0 Å². The van der Waals surface area contributed by atoms with Gasteiger partial charge in [0.1, 0.15) is 6.26 Å². The van der Waals surface area contributed by atoms with E-state index in [4.69, 9.17) is 10.2 Å². The molecule has 1 heterocycles. The molecule has 3 rings (SSSR count). The van der Waals surface area contributed by atoms with E-state index in [0.717, 1.165) is 19.3 Å². The van der Waals surface area contributed by atoms with Crippen LogP contribution in [0.3, 0.4) is 0 Å². The Labute approximate surface area is 136 Å².